The zero-order valence-corrected chi connectivity index (χ0v) is 15.6. The zero-order valence-electron chi connectivity index (χ0n) is 14.1. The largest absolute Gasteiger partial charge is 0.482 e. The Kier molecular flexibility index (Phi) is 7.64. The van der Waals surface area contributed by atoms with Crippen LogP contribution in [0.4, 0.5) is 0 Å². The van der Waals surface area contributed by atoms with E-state index < -0.39 is 12.1 Å². The van der Waals surface area contributed by atoms with Crippen LogP contribution in [0.5, 0.6) is 5.75 Å². The number of nitrogens with zero attached hydrogens (tertiary/aromatic N) is 1. The highest BCUT2D eigenvalue weighted by atomic mass is 35.5. The van der Waals surface area contributed by atoms with Crippen LogP contribution in [0.1, 0.15) is 30.2 Å². The van der Waals surface area contributed by atoms with Crippen LogP contribution < -0.4 is 10.1 Å². The lowest BCUT2D eigenvalue weighted by Gasteiger charge is -2.15. The van der Waals surface area contributed by atoms with Crippen LogP contribution in [0.3, 0.4) is 0 Å². The number of aliphatic hydroxyl groups is 1. The van der Waals surface area contributed by atoms with Crippen LogP contribution in [0, 0.1) is 0 Å². The van der Waals surface area contributed by atoms with E-state index in [0.29, 0.717) is 29.0 Å². The van der Waals surface area contributed by atoms with E-state index in [1.54, 1.807) is 5.38 Å². The molecule has 1 aromatic heterocycles. The molecule has 8 heteroatoms. The monoisotopic (exact) mass is 384 g/mol. The molecule has 0 aliphatic heterocycles. The number of nitrogens with one attached hydrogen (secondary N) is 1. The number of aliphatic hydroxyl groups excluding tert-OH is 1. The number of methoxy groups -OCH3 is 1. The van der Waals surface area contributed by atoms with Crippen LogP contribution in [-0.4, -0.2) is 42.9 Å². The van der Waals surface area contributed by atoms with Gasteiger partial charge in [-0.25, -0.2) is 9.78 Å². The standard InChI is InChI=1S/C17H21ClN2O4S/c1-11(7-19-8-15(21)14-10-25-17(18)20-14)12-3-5-13(6-4-12)24-9-16(22)23-2/h3-6,10-11,15,19,21H,7-9H2,1-2H3. The Labute approximate surface area is 155 Å². The number of rotatable bonds is 9. The number of halogens is 1. The highest BCUT2D eigenvalue weighted by Gasteiger charge is 2.12. The molecule has 0 amide bonds. The SMILES string of the molecule is COC(=O)COc1ccc(C(C)CNCC(O)c2csc(Cl)n2)cc1. The van der Waals surface area contributed by atoms with Gasteiger partial charge in [-0.1, -0.05) is 30.7 Å². The normalized spacial score (nSPS) is 13.3. The Balaban J connectivity index is 1.76. The quantitative estimate of drug-likeness (QED) is 0.647. The summed E-state index contributed by atoms with van der Waals surface area (Å²) in [6, 6.07) is 7.55. The average Bonchev–Trinajstić information content (AvgIpc) is 3.06. The molecule has 0 aliphatic rings. The minimum absolute atomic E-state index is 0.106. The van der Waals surface area contributed by atoms with Gasteiger partial charge in [-0.2, -0.15) is 0 Å². The van der Waals surface area contributed by atoms with Gasteiger partial charge >= 0.3 is 5.97 Å². The van der Waals surface area contributed by atoms with Crippen molar-refractivity contribution in [2.75, 3.05) is 26.8 Å². The van der Waals surface area contributed by atoms with E-state index in [0.717, 1.165) is 5.56 Å². The van der Waals surface area contributed by atoms with Gasteiger partial charge in [-0.15, -0.1) is 11.3 Å². The second-order valence-corrected chi connectivity index (χ2v) is 6.97. The summed E-state index contributed by atoms with van der Waals surface area (Å²) < 4.78 is 10.3. The molecule has 2 atom stereocenters. The van der Waals surface area contributed by atoms with Gasteiger partial charge in [0.05, 0.1) is 12.8 Å². The predicted octanol–water partition coefficient (Wildman–Crippen LogP) is 2.78. The molecule has 136 valence electrons. The molecule has 0 bridgehead atoms. The minimum Gasteiger partial charge on any atom is -0.482 e. The van der Waals surface area contributed by atoms with Gasteiger partial charge < -0.3 is 19.9 Å². The molecule has 25 heavy (non-hydrogen) atoms. The van der Waals surface area contributed by atoms with Gasteiger partial charge in [-0.05, 0) is 23.6 Å². The predicted molar refractivity (Wildman–Crippen MR) is 97.3 cm³/mol. The van der Waals surface area contributed by atoms with E-state index in [1.807, 2.05) is 24.3 Å². The molecule has 2 N–H and O–H groups in total. The number of esters is 1. The van der Waals surface area contributed by atoms with E-state index in [9.17, 15) is 9.90 Å². The molecule has 6 nitrogen and oxygen atoms in total. The van der Waals surface area contributed by atoms with E-state index in [1.165, 1.54) is 18.4 Å². The number of thiazole rings is 1. The molecule has 2 unspecified atom stereocenters. The van der Waals surface area contributed by atoms with Crippen molar-refractivity contribution in [2.45, 2.75) is 18.9 Å². The fraction of sp³-hybridized carbons (Fsp3) is 0.412. The van der Waals surface area contributed by atoms with Gasteiger partial charge in [-0.3, -0.25) is 0 Å². The third kappa shape index (κ3) is 6.28. The molecule has 2 aromatic rings. The van der Waals surface area contributed by atoms with Crippen molar-refractivity contribution in [1.29, 1.82) is 0 Å². The van der Waals surface area contributed by atoms with Crippen LogP contribution in [0.25, 0.3) is 0 Å². The van der Waals surface area contributed by atoms with Gasteiger partial charge in [0.25, 0.3) is 0 Å². The molecule has 1 heterocycles. The molecule has 0 fully saturated rings. The summed E-state index contributed by atoms with van der Waals surface area (Å²) in [6.45, 7) is 3.09. The Morgan fingerprint density at radius 1 is 1.36 bits per heavy atom. The summed E-state index contributed by atoms with van der Waals surface area (Å²) in [5.74, 6) is 0.452. The number of carbonyl (C=O) groups is 1. The number of hydrogen-bond donors (Lipinski definition) is 2. The minimum atomic E-state index is -0.676. The third-order valence-corrected chi connectivity index (χ3v) is 4.65. The summed E-state index contributed by atoms with van der Waals surface area (Å²) in [6.07, 6.45) is -0.676. The molecule has 2 rings (SSSR count). The van der Waals surface area contributed by atoms with Crippen LogP contribution in [-0.2, 0) is 9.53 Å². The van der Waals surface area contributed by atoms with E-state index in [-0.39, 0.29) is 12.5 Å². The number of hydrogen-bond acceptors (Lipinski definition) is 7. The van der Waals surface area contributed by atoms with Crippen molar-refractivity contribution < 1.29 is 19.4 Å². The van der Waals surface area contributed by atoms with Gasteiger partial charge in [0, 0.05) is 18.5 Å². The number of carbonyl (C=O) groups excluding carboxylic acids is 1. The maximum atomic E-state index is 11.1. The average molecular weight is 385 g/mol. The maximum absolute atomic E-state index is 11.1. The number of benzene rings is 1. The molecule has 0 radical (unpaired) electrons. The number of ether oxygens (including phenoxy) is 2. The lowest BCUT2D eigenvalue weighted by molar-refractivity contribution is -0.142. The van der Waals surface area contributed by atoms with E-state index in [2.05, 4.69) is 22.0 Å². The van der Waals surface area contributed by atoms with Crippen molar-refractivity contribution in [3.05, 3.63) is 45.4 Å². The van der Waals surface area contributed by atoms with Gasteiger partial charge in [0.1, 0.15) is 11.9 Å². The summed E-state index contributed by atoms with van der Waals surface area (Å²) in [7, 11) is 1.32. The first-order valence-electron chi connectivity index (χ1n) is 7.79. The molecule has 1 aromatic carbocycles. The Hall–Kier alpha value is -1.67. The van der Waals surface area contributed by atoms with Crippen LogP contribution >= 0.6 is 22.9 Å². The topological polar surface area (TPSA) is 80.7 Å². The highest BCUT2D eigenvalue weighted by molar-refractivity contribution is 7.13. The van der Waals surface area contributed by atoms with Crippen molar-refractivity contribution in [1.82, 2.24) is 10.3 Å². The second kappa shape index (κ2) is 9.72. The summed E-state index contributed by atoms with van der Waals surface area (Å²) in [5.41, 5.74) is 1.71. The molecule has 0 aliphatic carbocycles. The Bertz CT molecular complexity index is 678. The first kappa shape index (κ1) is 19.7. The van der Waals surface area contributed by atoms with Crippen molar-refractivity contribution in [2.24, 2.45) is 0 Å². The Morgan fingerprint density at radius 3 is 2.68 bits per heavy atom. The van der Waals surface area contributed by atoms with Crippen molar-refractivity contribution >= 4 is 28.9 Å². The fourth-order valence-electron chi connectivity index (χ4n) is 2.17. The van der Waals surface area contributed by atoms with E-state index in [4.69, 9.17) is 16.3 Å². The molecular weight excluding hydrogens is 364 g/mol. The first-order valence-corrected chi connectivity index (χ1v) is 9.04. The summed E-state index contributed by atoms with van der Waals surface area (Å²) >= 11 is 7.07. The summed E-state index contributed by atoms with van der Waals surface area (Å²) in [5, 5.41) is 15.0. The smallest absolute Gasteiger partial charge is 0.343 e. The van der Waals surface area contributed by atoms with Crippen LogP contribution in [0.2, 0.25) is 4.47 Å². The Morgan fingerprint density at radius 2 is 2.08 bits per heavy atom. The van der Waals surface area contributed by atoms with E-state index >= 15 is 0 Å². The number of aromatic nitrogens is 1. The first-order chi connectivity index (χ1) is 12.0. The molecule has 0 saturated heterocycles. The van der Waals surface area contributed by atoms with Crippen molar-refractivity contribution in [3.8, 4) is 5.75 Å². The lowest BCUT2D eigenvalue weighted by Crippen LogP contribution is -2.25. The lowest BCUT2D eigenvalue weighted by atomic mass is 10.0. The van der Waals surface area contributed by atoms with Crippen LogP contribution in [0.15, 0.2) is 29.6 Å². The van der Waals surface area contributed by atoms with Crippen molar-refractivity contribution in [3.63, 3.8) is 0 Å². The third-order valence-electron chi connectivity index (χ3n) is 3.66. The maximum Gasteiger partial charge on any atom is 0.343 e. The molecular formula is C17H21ClN2O4S. The molecule has 0 spiro atoms. The fourth-order valence-corrected chi connectivity index (χ4v) is 2.99. The highest BCUT2D eigenvalue weighted by Crippen LogP contribution is 2.21. The molecule has 0 saturated carbocycles. The van der Waals surface area contributed by atoms with Gasteiger partial charge in [0.2, 0.25) is 0 Å². The van der Waals surface area contributed by atoms with Gasteiger partial charge in [0.15, 0.2) is 11.1 Å². The summed E-state index contributed by atoms with van der Waals surface area (Å²) in [4.78, 5) is 15.1. The zero-order chi connectivity index (χ0) is 18.2. The second-order valence-electron chi connectivity index (χ2n) is 5.53.